The Labute approximate surface area is 149 Å². The lowest BCUT2D eigenvalue weighted by molar-refractivity contribution is -0.136. The maximum Gasteiger partial charge on any atom is 0.246 e. The van der Waals surface area contributed by atoms with E-state index in [9.17, 15) is 4.79 Å². The zero-order chi connectivity index (χ0) is 18.0. The van der Waals surface area contributed by atoms with Crippen LogP contribution in [0.2, 0.25) is 0 Å². The van der Waals surface area contributed by atoms with Crippen molar-refractivity contribution in [1.82, 2.24) is 5.01 Å². The zero-order valence-corrected chi connectivity index (χ0v) is 15.1. The van der Waals surface area contributed by atoms with Crippen molar-refractivity contribution < 1.29 is 4.79 Å². The van der Waals surface area contributed by atoms with Gasteiger partial charge in [-0.1, -0.05) is 55.8 Å². The number of nitrogens with two attached hydrogens (primary N) is 1. The number of hydrogen-bond acceptors (Lipinski definition) is 3. The van der Waals surface area contributed by atoms with E-state index in [1.807, 2.05) is 38.1 Å². The third kappa shape index (κ3) is 3.58. The fourth-order valence-corrected chi connectivity index (χ4v) is 3.01. The highest BCUT2D eigenvalue weighted by molar-refractivity contribution is 6.03. The standard InChI is InChI=1S/C21H25N3O/c1-4-15(3)21(25)24-20(17-7-5-14(2)6-8-17)13-19(23-24)16-9-11-18(22)12-10-16/h5-12,15,20H,4,13,22H2,1-3H3. The summed E-state index contributed by atoms with van der Waals surface area (Å²) in [5.41, 5.74) is 10.8. The van der Waals surface area contributed by atoms with Crippen LogP contribution in [-0.4, -0.2) is 16.6 Å². The minimum Gasteiger partial charge on any atom is -0.399 e. The minimum absolute atomic E-state index is 0.0394. The average molecular weight is 335 g/mol. The lowest BCUT2D eigenvalue weighted by Crippen LogP contribution is -2.31. The van der Waals surface area contributed by atoms with E-state index in [4.69, 9.17) is 10.8 Å². The number of anilines is 1. The predicted octanol–water partition coefficient (Wildman–Crippen LogP) is 4.30. The molecule has 0 radical (unpaired) electrons. The summed E-state index contributed by atoms with van der Waals surface area (Å²) >= 11 is 0. The fourth-order valence-electron chi connectivity index (χ4n) is 3.01. The summed E-state index contributed by atoms with van der Waals surface area (Å²) in [4.78, 5) is 12.9. The molecule has 0 saturated carbocycles. The molecule has 2 atom stereocenters. The van der Waals surface area contributed by atoms with Crippen molar-refractivity contribution in [2.45, 2.75) is 39.7 Å². The molecule has 0 bridgehead atoms. The van der Waals surface area contributed by atoms with Gasteiger partial charge in [0.05, 0.1) is 11.8 Å². The van der Waals surface area contributed by atoms with E-state index in [0.717, 1.165) is 35.4 Å². The Balaban J connectivity index is 1.95. The second kappa shape index (κ2) is 7.09. The molecule has 3 rings (SSSR count). The monoisotopic (exact) mass is 335 g/mol. The quantitative estimate of drug-likeness (QED) is 0.847. The molecule has 4 nitrogen and oxygen atoms in total. The first-order chi connectivity index (χ1) is 12.0. The van der Waals surface area contributed by atoms with E-state index in [0.29, 0.717) is 0 Å². The summed E-state index contributed by atoms with van der Waals surface area (Å²) in [7, 11) is 0. The third-order valence-corrected chi connectivity index (χ3v) is 4.88. The SMILES string of the molecule is CCC(C)C(=O)N1N=C(c2ccc(N)cc2)CC1c1ccc(C)cc1. The van der Waals surface area contributed by atoms with E-state index < -0.39 is 0 Å². The number of nitrogens with zero attached hydrogens (tertiary/aromatic N) is 2. The molecule has 2 unspecified atom stereocenters. The number of rotatable bonds is 4. The Morgan fingerprint density at radius 2 is 1.84 bits per heavy atom. The van der Waals surface area contributed by atoms with Gasteiger partial charge >= 0.3 is 0 Å². The van der Waals surface area contributed by atoms with Gasteiger partial charge in [0, 0.05) is 18.0 Å². The first-order valence-electron chi connectivity index (χ1n) is 8.82. The molecule has 1 aliphatic heterocycles. The molecular weight excluding hydrogens is 310 g/mol. The summed E-state index contributed by atoms with van der Waals surface area (Å²) in [5, 5.41) is 6.38. The molecule has 1 aliphatic rings. The van der Waals surface area contributed by atoms with Gasteiger partial charge in [-0.25, -0.2) is 5.01 Å². The highest BCUT2D eigenvalue weighted by atomic mass is 16.2. The van der Waals surface area contributed by atoms with Gasteiger partial charge in [-0.15, -0.1) is 0 Å². The number of hydrazone groups is 1. The Bertz CT molecular complexity index is 778. The summed E-state index contributed by atoms with van der Waals surface area (Å²) in [6.07, 6.45) is 1.53. The summed E-state index contributed by atoms with van der Waals surface area (Å²) < 4.78 is 0. The Kier molecular flexibility index (Phi) is 4.88. The minimum atomic E-state index is -0.0466. The molecule has 0 aliphatic carbocycles. The highest BCUT2D eigenvalue weighted by Crippen LogP contribution is 2.34. The first kappa shape index (κ1) is 17.2. The third-order valence-electron chi connectivity index (χ3n) is 4.88. The number of amides is 1. The lowest BCUT2D eigenvalue weighted by Gasteiger charge is -2.24. The van der Waals surface area contributed by atoms with Crippen LogP contribution in [0.4, 0.5) is 5.69 Å². The predicted molar refractivity (Wildman–Crippen MR) is 102 cm³/mol. The van der Waals surface area contributed by atoms with Gasteiger partial charge in [0.15, 0.2) is 0 Å². The van der Waals surface area contributed by atoms with Crippen LogP contribution in [0.5, 0.6) is 0 Å². The Morgan fingerprint density at radius 3 is 2.44 bits per heavy atom. The van der Waals surface area contributed by atoms with Crippen LogP contribution in [-0.2, 0) is 4.79 Å². The maximum absolute atomic E-state index is 12.9. The van der Waals surface area contributed by atoms with Gasteiger partial charge in [0.2, 0.25) is 5.91 Å². The fraction of sp³-hybridized carbons (Fsp3) is 0.333. The van der Waals surface area contributed by atoms with Crippen molar-refractivity contribution in [3.05, 3.63) is 65.2 Å². The van der Waals surface area contributed by atoms with Crippen molar-refractivity contribution in [2.24, 2.45) is 11.0 Å². The summed E-state index contributed by atoms with van der Waals surface area (Å²) in [6.45, 7) is 6.06. The Morgan fingerprint density at radius 1 is 1.20 bits per heavy atom. The molecule has 1 amide bonds. The van der Waals surface area contributed by atoms with Gasteiger partial charge in [-0.3, -0.25) is 4.79 Å². The van der Waals surface area contributed by atoms with Crippen LogP contribution in [0, 0.1) is 12.8 Å². The van der Waals surface area contributed by atoms with E-state index in [1.54, 1.807) is 5.01 Å². The van der Waals surface area contributed by atoms with Crippen LogP contribution in [0.3, 0.4) is 0 Å². The van der Waals surface area contributed by atoms with Crippen LogP contribution in [0.15, 0.2) is 53.6 Å². The molecule has 2 aromatic carbocycles. The van der Waals surface area contributed by atoms with Crippen molar-refractivity contribution >= 4 is 17.3 Å². The van der Waals surface area contributed by atoms with E-state index in [2.05, 4.69) is 31.2 Å². The molecule has 0 spiro atoms. The molecule has 130 valence electrons. The number of nitrogen functional groups attached to an aromatic ring is 1. The molecule has 0 saturated heterocycles. The average Bonchev–Trinajstić information content (AvgIpc) is 3.07. The van der Waals surface area contributed by atoms with Crippen LogP contribution in [0.25, 0.3) is 0 Å². The highest BCUT2D eigenvalue weighted by Gasteiger charge is 2.34. The van der Waals surface area contributed by atoms with E-state index >= 15 is 0 Å². The van der Waals surface area contributed by atoms with Gasteiger partial charge in [0.25, 0.3) is 0 Å². The normalized spacial score (nSPS) is 18.1. The van der Waals surface area contributed by atoms with Gasteiger partial charge in [0.1, 0.15) is 0 Å². The number of carbonyl (C=O) groups is 1. The van der Waals surface area contributed by atoms with E-state index in [1.165, 1.54) is 5.56 Å². The van der Waals surface area contributed by atoms with Gasteiger partial charge < -0.3 is 5.73 Å². The topological polar surface area (TPSA) is 58.7 Å². The van der Waals surface area contributed by atoms with Crippen LogP contribution < -0.4 is 5.73 Å². The van der Waals surface area contributed by atoms with Crippen molar-refractivity contribution in [1.29, 1.82) is 0 Å². The second-order valence-electron chi connectivity index (χ2n) is 6.79. The van der Waals surface area contributed by atoms with Crippen molar-refractivity contribution in [2.75, 3.05) is 5.73 Å². The number of hydrogen-bond donors (Lipinski definition) is 1. The molecular formula is C21H25N3O. The van der Waals surface area contributed by atoms with Crippen LogP contribution >= 0.6 is 0 Å². The lowest BCUT2D eigenvalue weighted by atomic mass is 9.97. The summed E-state index contributed by atoms with van der Waals surface area (Å²) in [6, 6.07) is 16.0. The van der Waals surface area contributed by atoms with Crippen LogP contribution in [0.1, 0.15) is 49.4 Å². The molecule has 2 aromatic rings. The number of carbonyl (C=O) groups excluding carboxylic acids is 1. The number of aryl methyl sites for hydroxylation is 1. The smallest absolute Gasteiger partial charge is 0.246 e. The molecule has 0 fully saturated rings. The van der Waals surface area contributed by atoms with Gasteiger partial charge in [-0.2, -0.15) is 5.10 Å². The van der Waals surface area contributed by atoms with Crippen molar-refractivity contribution in [3.63, 3.8) is 0 Å². The molecule has 0 aromatic heterocycles. The second-order valence-corrected chi connectivity index (χ2v) is 6.79. The molecule has 4 heteroatoms. The molecule has 25 heavy (non-hydrogen) atoms. The molecule has 1 heterocycles. The largest absolute Gasteiger partial charge is 0.399 e. The number of benzene rings is 2. The van der Waals surface area contributed by atoms with Gasteiger partial charge in [-0.05, 0) is 36.6 Å². The maximum atomic E-state index is 12.9. The van der Waals surface area contributed by atoms with Crippen molar-refractivity contribution in [3.8, 4) is 0 Å². The zero-order valence-electron chi connectivity index (χ0n) is 15.1. The first-order valence-corrected chi connectivity index (χ1v) is 8.82. The van der Waals surface area contributed by atoms with E-state index in [-0.39, 0.29) is 17.9 Å². The summed E-state index contributed by atoms with van der Waals surface area (Å²) in [5.74, 6) is 0.0426. The Hall–Kier alpha value is -2.62. The molecule has 2 N–H and O–H groups in total.